The van der Waals surface area contributed by atoms with Gasteiger partial charge in [0, 0.05) is 12.1 Å². The number of hydrogen-bond donors (Lipinski definition) is 3. The molecule has 2 aromatic rings. The maximum atomic E-state index is 11.8. The highest BCUT2D eigenvalue weighted by atomic mass is 16.4. The highest BCUT2D eigenvalue weighted by Gasteiger charge is 2.11. The first kappa shape index (κ1) is 14.8. The Bertz CT molecular complexity index is 677. The van der Waals surface area contributed by atoms with E-state index in [0.29, 0.717) is 11.4 Å². The van der Waals surface area contributed by atoms with E-state index in [2.05, 4.69) is 15.5 Å². The number of nitrogens with zero attached hydrogens (tertiary/aromatic N) is 1. The molecule has 0 spiro atoms. The smallest absolute Gasteiger partial charge is 0.305 e. The van der Waals surface area contributed by atoms with Gasteiger partial charge in [-0.15, -0.1) is 0 Å². The average molecular weight is 287 g/mol. The van der Waals surface area contributed by atoms with Crippen molar-refractivity contribution in [2.45, 2.75) is 20.3 Å². The second kappa shape index (κ2) is 6.21. The molecule has 21 heavy (non-hydrogen) atoms. The Morgan fingerprint density at radius 1 is 1.24 bits per heavy atom. The van der Waals surface area contributed by atoms with E-state index in [9.17, 15) is 9.59 Å². The van der Waals surface area contributed by atoms with E-state index in [-0.39, 0.29) is 18.9 Å². The number of aliphatic carboxylic acids is 1. The molecular formula is C15H17N3O3. The number of H-pyrrole nitrogens is 1. The summed E-state index contributed by atoms with van der Waals surface area (Å²) in [6, 6.07) is 7.62. The van der Waals surface area contributed by atoms with E-state index in [1.165, 1.54) is 5.56 Å². The van der Waals surface area contributed by atoms with Gasteiger partial charge in [-0.2, -0.15) is 5.10 Å². The molecule has 0 saturated heterocycles. The summed E-state index contributed by atoms with van der Waals surface area (Å²) in [5.41, 5.74) is 4.28. The molecule has 6 heteroatoms. The molecule has 110 valence electrons. The number of carbonyl (C=O) groups is 2. The fourth-order valence-corrected chi connectivity index (χ4v) is 1.86. The van der Waals surface area contributed by atoms with E-state index < -0.39 is 5.97 Å². The molecule has 1 heterocycles. The second-order valence-corrected chi connectivity index (χ2v) is 4.87. The minimum Gasteiger partial charge on any atom is -0.481 e. The van der Waals surface area contributed by atoms with Gasteiger partial charge < -0.3 is 10.4 Å². The average Bonchev–Trinajstić information content (AvgIpc) is 2.91. The predicted octanol–water partition coefficient (Wildman–Crippen LogP) is 1.90. The third-order valence-corrected chi connectivity index (χ3v) is 3.25. The van der Waals surface area contributed by atoms with Crippen molar-refractivity contribution in [1.82, 2.24) is 15.5 Å². The summed E-state index contributed by atoms with van der Waals surface area (Å²) >= 11 is 0. The molecule has 2 rings (SSSR count). The molecular weight excluding hydrogens is 270 g/mol. The number of amides is 1. The summed E-state index contributed by atoms with van der Waals surface area (Å²) in [6.07, 6.45) is -0.107. The summed E-state index contributed by atoms with van der Waals surface area (Å²) < 4.78 is 0. The SMILES string of the molecule is Cc1ccc(-c2cc(C(=O)NCCC(=O)O)[nH]n2)cc1C. The zero-order valence-corrected chi connectivity index (χ0v) is 11.9. The Morgan fingerprint density at radius 2 is 2.00 bits per heavy atom. The topological polar surface area (TPSA) is 95.1 Å². The lowest BCUT2D eigenvalue weighted by Gasteiger charge is -2.02. The number of aromatic amines is 1. The molecule has 0 unspecified atom stereocenters. The monoisotopic (exact) mass is 287 g/mol. The molecule has 0 aliphatic rings. The van der Waals surface area contributed by atoms with Crippen LogP contribution in [0.25, 0.3) is 11.3 Å². The largest absolute Gasteiger partial charge is 0.481 e. The number of rotatable bonds is 5. The van der Waals surface area contributed by atoms with Crippen LogP contribution in [0.2, 0.25) is 0 Å². The van der Waals surface area contributed by atoms with Gasteiger partial charge >= 0.3 is 5.97 Å². The van der Waals surface area contributed by atoms with Gasteiger partial charge in [0.2, 0.25) is 0 Å². The Hall–Kier alpha value is -2.63. The van der Waals surface area contributed by atoms with Crippen molar-refractivity contribution in [2.75, 3.05) is 6.54 Å². The van der Waals surface area contributed by atoms with Crippen molar-refractivity contribution < 1.29 is 14.7 Å². The van der Waals surface area contributed by atoms with Crippen LogP contribution < -0.4 is 5.32 Å². The molecule has 1 aromatic heterocycles. The predicted molar refractivity (Wildman–Crippen MR) is 78.1 cm³/mol. The fraction of sp³-hybridized carbons (Fsp3) is 0.267. The van der Waals surface area contributed by atoms with Crippen molar-refractivity contribution in [3.05, 3.63) is 41.1 Å². The second-order valence-electron chi connectivity index (χ2n) is 4.87. The number of nitrogens with one attached hydrogen (secondary N) is 2. The first-order valence-corrected chi connectivity index (χ1v) is 6.60. The highest BCUT2D eigenvalue weighted by Crippen LogP contribution is 2.20. The van der Waals surface area contributed by atoms with Gasteiger partial charge in [-0.05, 0) is 37.1 Å². The van der Waals surface area contributed by atoms with Crippen LogP contribution >= 0.6 is 0 Å². The van der Waals surface area contributed by atoms with E-state index >= 15 is 0 Å². The van der Waals surface area contributed by atoms with Crippen LogP contribution in [0.15, 0.2) is 24.3 Å². The minimum atomic E-state index is -0.948. The van der Waals surface area contributed by atoms with Gasteiger partial charge in [-0.1, -0.05) is 12.1 Å². The van der Waals surface area contributed by atoms with E-state index in [1.54, 1.807) is 6.07 Å². The zero-order valence-electron chi connectivity index (χ0n) is 11.9. The summed E-state index contributed by atoms with van der Waals surface area (Å²) in [6.45, 7) is 4.14. The summed E-state index contributed by atoms with van der Waals surface area (Å²) in [5, 5.41) is 17.8. The lowest BCUT2D eigenvalue weighted by atomic mass is 10.0. The first-order chi connectivity index (χ1) is 9.97. The van der Waals surface area contributed by atoms with Gasteiger partial charge in [0.05, 0.1) is 12.1 Å². The van der Waals surface area contributed by atoms with Crippen molar-refractivity contribution in [2.24, 2.45) is 0 Å². The number of hydrogen-bond acceptors (Lipinski definition) is 3. The molecule has 0 radical (unpaired) electrons. The van der Waals surface area contributed by atoms with Crippen molar-refractivity contribution in [3.63, 3.8) is 0 Å². The minimum absolute atomic E-state index is 0.0894. The third-order valence-electron chi connectivity index (χ3n) is 3.25. The summed E-state index contributed by atoms with van der Waals surface area (Å²) in [5.74, 6) is -1.31. The normalized spacial score (nSPS) is 10.4. The Balaban J connectivity index is 2.08. The number of aryl methyl sites for hydroxylation is 2. The molecule has 1 amide bonds. The maximum absolute atomic E-state index is 11.8. The molecule has 1 aromatic carbocycles. The Labute approximate surface area is 122 Å². The number of carboxylic acid groups (broad SMARTS) is 1. The number of carbonyl (C=O) groups excluding carboxylic acids is 1. The lowest BCUT2D eigenvalue weighted by molar-refractivity contribution is -0.136. The molecule has 3 N–H and O–H groups in total. The highest BCUT2D eigenvalue weighted by molar-refractivity contribution is 5.93. The van der Waals surface area contributed by atoms with Gasteiger partial charge in [0.25, 0.3) is 5.91 Å². The van der Waals surface area contributed by atoms with Crippen LogP contribution in [-0.4, -0.2) is 33.7 Å². The van der Waals surface area contributed by atoms with Crippen LogP contribution in [0.3, 0.4) is 0 Å². The first-order valence-electron chi connectivity index (χ1n) is 6.60. The summed E-state index contributed by atoms with van der Waals surface area (Å²) in [4.78, 5) is 22.2. The molecule has 0 fully saturated rings. The zero-order chi connectivity index (χ0) is 15.4. The maximum Gasteiger partial charge on any atom is 0.305 e. The van der Waals surface area contributed by atoms with Gasteiger partial charge in [-0.25, -0.2) is 0 Å². The van der Waals surface area contributed by atoms with Crippen LogP contribution in [0.1, 0.15) is 28.0 Å². The molecule has 0 atom stereocenters. The quantitative estimate of drug-likeness (QED) is 0.782. The standard InChI is InChI=1S/C15H17N3O3/c1-9-3-4-11(7-10(9)2)12-8-13(18-17-12)15(21)16-6-5-14(19)20/h3-4,7-8H,5-6H2,1-2H3,(H,16,21)(H,17,18)(H,19,20). The fourth-order valence-electron chi connectivity index (χ4n) is 1.86. The van der Waals surface area contributed by atoms with Gasteiger partial charge in [0.15, 0.2) is 0 Å². The number of benzene rings is 1. The molecule has 0 aliphatic heterocycles. The van der Waals surface area contributed by atoms with Crippen molar-refractivity contribution in [3.8, 4) is 11.3 Å². The van der Waals surface area contributed by atoms with Crippen molar-refractivity contribution in [1.29, 1.82) is 0 Å². The lowest BCUT2D eigenvalue weighted by Crippen LogP contribution is -2.26. The van der Waals surface area contributed by atoms with Crippen LogP contribution in [0.4, 0.5) is 0 Å². The molecule has 0 aliphatic carbocycles. The molecule has 6 nitrogen and oxygen atoms in total. The van der Waals surface area contributed by atoms with Crippen LogP contribution in [0, 0.1) is 13.8 Å². The molecule has 0 saturated carbocycles. The number of carboxylic acids is 1. The Morgan fingerprint density at radius 3 is 2.67 bits per heavy atom. The number of aromatic nitrogens is 2. The Kier molecular flexibility index (Phi) is 4.37. The van der Waals surface area contributed by atoms with Crippen LogP contribution in [-0.2, 0) is 4.79 Å². The van der Waals surface area contributed by atoms with Crippen LogP contribution in [0.5, 0.6) is 0 Å². The van der Waals surface area contributed by atoms with E-state index in [0.717, 1.165) is 11.1 Å². The molecule has 0 bridgehead atoms. The van der Waals surface area contributed by atoms with Crippen molar-refractivity contribution >= 4 is 11.9 Å². The van der Waals surface area contributed by atoms with E-state index in [1.807, 2.05) is 32.0 Å². The van der Waals surface area contributed by atoms with E-state index in [4.69, 9.17) is 5.11 Å². The summed E-state index contributed by atoms with van der Waals surface area (Å²) in [7, 11) is 0. The van der Waals surface area contributed by atoms with Gasteiger partial charge in [0.1, 0.15) is 5.69 Å². The third kappa shape index (κ3) is 3.68. The van der Waals surface area contributed by atoms with Gasteiger partial charge in [-0.3, -0.25) is 14.7 Å².